The van der Waals surface area contributed by atoms with Crippen molar-refractivity contribution in [3.63, 3.8) is 0 Å². The van der Waals surface area contributed by atoms with Gasteiger partial charge in [0.05, 0.1) is 25.2 Å². The van der Waals surface area contributed by atoms with Crippen molar-refractivity contribution < 1.29 is 9.18 Å². The van der Waals surface area contributed by atoms with Crippen LogP contribution in [0.2, 0.25) is 15.1 Å². The van der Waals surface area contributed by atoms with E-state index in [1.54, 1.807) is 0 Å². The highest BCUT2D eigenvalue weighted by molar-refractivity contribution is 9.10. The van der Waals surface area contributed by atoms with Crippen molar-refractivity contribution in [1.29, 1.82) is 0 Å². The summed E-state index contributed by atoms with van der Waals surface area (Å²) in [4.78, 5) is 12.0. The summed E-state index contributed by atoms with van der Waals surface area (Å²) in [6.07, 6.45) is 0. The van der Waals surface area contributed by atoms with Gasteiger partial charge in [-0.3, -0.25) is 4.79 Å². The summed E-state index contributed by atoms with van der Waals surface area (Å²) in [6, 6.07) is 6.89. The van der Waals surface area contributed by atoms with Crippen LogP contribution in [-0.2, 0) is 0 Å². The smallest absolute Gasteiger partial charge is 0.255 e. The Bertz CT molecular complexity index is 694. The topological polar surface area (TPSA) is 29.1 Å². The van der Waals surface area contributed by atoms with Crippen LogP contribution in [0, 0.1) is 5.82 Å². The van der Waals surface area contributed by atoms with Crippen molar-refractivity contribution in [1.82, 2.24) is 0 Å². The molecule has 0 radical (unpaired) electrons. The number of hydrogen-bond donors (Lipinski definition) is 1. The van der Waals surface area contributed by atoms with Crippen LogP contribution >= 0.6 is 50.7 Å². The molecule has 0 spiro atoms. The molecule has 0 bridgehead atoms. The molecule has 2 rings (SSSR count). The number of anilines is 1. The van der Waals surface area contributed by atoms with Crippen molar-refractivity contribution in [3.8, 4) is 0 Å². The Morgan fingerprint density at radius 3 is 2.35 bits per heavy atom. The number of carbonyl (C=O) groups is 1. The summed E-state index contributed by atoms with van der Waals surface area (Å²) in [7, 11) is 0. The van der Waals surface area contributed by atoms with Crippen LogP contribution in [0.1, 0.15) is 10.4 Å². The highest BCUT2D eigenvalue weighted by atomic mass is 79.9. The van der Waals surface area contributed by atoms with Gasteiger partial charge >= 0.3 is 0 Å². The Morgan fingerprint density at radius 1 is 1.05 bits per heavy atom. The van der Waals surface area contributed by atoms with Gasteiger partial charge in [-0.15, -0.1) is 0 Å². The first kappa shape index (κ1) is 15.6. The maximum absolute atomic E-state index is 13.4. The molecule has 0 heterocycles. The third-order valence-electron chi connectivity index (χ3n) is 2.44. The lowest BCUT2D eigenvalue weighted by molar-refractivity contribution is 0.102. The van der Waals surface area contributed by atoms with Crippen molar-refractivity contribution in [2.24, 2.45) is 0 Å². The zero-order valence-corrected chi connectivity index (χ0v) is 13.5. The van der Waals surface area contributed by atoms with E-state index < -0.39 is 11.7 Å². The predicted molar refractivity (Wildman–Crippen MR) is 83.5 cm³/mol. The van der Waals surface area contributed by atoms with Crippen LogP contribution in [0.5, 0.6) is 0 Å². The normalized spacial score (nSPS) is 10.4. The minimum absolute atomic E-state index is 0.160. The fourth-order valence-electron chi connectivity index (χ4n) is 1.45. The second kappa shape index (κ2) is 6.31. The lowest BCUT2D eigenvalue weighted by atomic mass is 10.2. The Balaban J connectivity index is 2.27. The van der Waals surface area contributed by atoms with E-state index >= 15 is 0 Å². The largest absolute Gasteiger partial charge is 0.321 e. The van der Waals surface area contributed by atoms with Gasteiger partial charge in [-0.1, -0.05) is 34.8 Å². The molecule has 0 unspecified atom stereocenters. The Labute approximate surface area is 138 Å². The summed E-state index contributed by atoms with van der Waals surface area (Å²) < 4.78 is 13.7. The van der Waals surface area contributed by atoms with E-state index in [4.69, 9.17) is 34.8 Å². The van der Waals surface area contributed by atoms with Crippen LogP contribution in [0.15, 0.2) is 34.8 Å². The van der Waals surface area contributed by atoms with E-state index in [9.17, 15) is 9.18 Å². The predicted octanol–water partition coefficient (Wildman–Crippen LogP) is 5.80. The number of nitrogens with one attached hydrogen (secondary N) is 1. The molecule has 20 heavy (non-hydrogen) atoms. The molecule has 1 amide bonds. The fraction of sp³-hybridized carbons (Fsp3) is 0. The average molecular weight is 397 g/mol. The highest BCUT2D eigenvalue weighted by Gasteiger charge is 2.12. The van der Waals surface area contributed by atoms with Crippen molar-refractivity contribution >= 4 is 62.3 Å². The van der Waals surface area contributed by atoms with Gasteiger partial charge in [-0.25, -0.2) is 4.39 Å². The van der Waals surface area contributed by atoms with Crippen molar-refractivity contribution in [3.05, 3.63) is 61.3 Å². The van der Waals surface area contributed by atoms with Crippen molar-refractivity contribution in [2.75, 3.05) is 5.32 Å². The second-order valence-electron chi connectivity index (χ2n) is 3.83. The molecule has 104 valence electrons. The van der Waals surface area contributed by atoms with Gasteiger partial charge in [0.15, 0.2) is 0 Å². The van der Waals surface area contributed by atoms with Gasteiger partial charge in [0.1, 0.15) is 5.82 Å². The lowest BCUT2D eigenvalue weighted by Crippen LogP contribution is -2.12. The van der Waals surface area contributed by atoms with Gasteiger partial charge in [0.25, 0.3) is 5.91 Å². The molecule has 0 fully saturated rings. The molecule has 0 aromatic heterocycles. The first-order valence-electron chi connectivity index (χ1n) is 5.29. The Hall–Kier alpha value is -0.810. The van der Waals surface area contributed by atoms with Crippen molar-refractivity contribution in [2.45, 2.75) is 0 Å². The monoisotopic (exact) mass is 395 g/mol. The molecule has 1 N–H and O–H groups in total. The molecular weight excluding hydrogens is 391 g/mol. The number of amides is 1. The highest BCUT2D eigenvalue weighted by Crippen LogP contribution is 2.32. The third-order valence-corrected chi connectivity index (χ3v) is 4.12. The van der Waals surface area contributed by atoms with Gasteiger partial charge < -0.3 is 5.32 Å². The Morgan fingerprint density at radius 2 is 1.70 bits per heavy atom. The first-order valence-corrected chi connectivity index (χ1v) is 7.22. The number of hydrogen-bond acceptors (Lipinski definition) is 1. The van der Waals surface area contributed by atoms with Gasteiger partial charge in [-0.2, -0.15) is 0 Å². The summed E-state index contributed by atoms with van der Waals surface area (Å²) >= 11 is 20.6. The standard InChI is InChI=1S/C13H6BrCl3FNO/c14-7-2-1-6(3-11(7)18)13(20)19-12-5-9(16)8(15)4-10(12)17/h1-5H,(H,19,20). The third kappa shape index (κ3) is 3.44. The summed E-state index contributed by atoms with van der Waals surface area (Å²) in [5, 5.41) is 3.33. The Kier molecular flexibility index (Phi) is 4.91. The second-order valence-corrected chi connectivity index (χ2v) is 5.91. The number of halogens is 5. The SMILES string of the molecule is O=C(Nc1cc(Cl)c(Cl)cc1Cl)c1ccc(Br)c(F)c1. The fourth-order valence-corrected chi connectivity index (χ4v) is 2.29. The zero-order valence-electron chi connectivity index (χ0n) is 9.68. The lowest BCUT2D eigenvalue weighted by Gasteiger charge is -2.09. The first-order chi connectivity index (χ1) is 9.38. The molecule has 0 atom stereocenters. The molecule has 2 aromatic rings. The molecule has 7 heteroatoms. The van der Waals surface area contributed by atoms with Crippen LogP contribution in [-0.4, -0.2) is 5.91 Å². The van der Waals surface area contributed by atoms with Gasteiger partial charge in [0.2, 0.25) is 0 Å². The molecular formula is C13H6BrCl3FNO. The van der Waals surface area contributed by atoms with Gasteiger partial charge in [-0.05, 0) is 46.3 Å². The van der Waals surface area contributed by atoms with E-state index in [1.807, 2.05) is 0 Å². The van der Waals surface area contributed by atoms with E-state index in [1.165, 1.54) is 24.3 Å². The number of rotatable bonds is 2. The van der Waals surface area contributed by atoms with E-state index in [2.05, 4.69) is 21.2 Å². The summed E-state index contributed by atoms with van der Waals surface area (Å²) in [5.41, 5.74) is 0.460. The van der Waals surface area contributed by atoms with E-state index in [-0.39, 0.29) is 25.1 Å². The average Bonchev–Trinajstić information content (AvgIpc) is 2.39. The van der Waals surface area contributed by atoms with E-state index in [0.717, 1.165) is 6.07 Å². The summed E-state index contributed by atoms with van der Waals surface area (Å²) in [5.74, 6) is -1.03. The van der Waals surface area contributed by atoms with Crippen LogP contribution in [0.4, 0.5) is 10.1 Å². The number of benzene rings is 2. The molecule has 2 aromatic carbocycles. The number of carbonyl (C=O) groups excluding carboxylic acids is 1. The van der Waals surface area contributed by atoms with Crippen LogP contribution in [0.3, 0.4) is 0 Å². The molecule has 0 aliphatic rings. The van der Waals surface area contributed by atoms with Gasteiger partial charge in [0, 0.05) is 5.56 Å². The molecule has 0 saturated carbocycles. The molecule has 2 nitrogen and oxygen atoms in total. The van der Waals surface area contributed by atoms with E-state index in [0.29, 0.717) is 5.69 Å². The minimum atomic E-state index is -0.530. The summed E-state index contributed by atoms with van der Waals surface area (Å²) in [6.45, 7) is 0. The maximum Gasteiger partial charge on any atom is 0.255 e. The quantitative estimate of drug-likeness (QED) is 0.638. The zero-order chi connectivity index (χ0) is 14.9. The van der Waals surface area contributed by atoms with Crippen LogP contribution < -0.4 is 5.32 Å². The molecule has 0 saturated heterocycles. The molecule has 0 aliphatic heterocycles. The van der Waals surface area contributed by atoms with Crippen LogP contribution in [0.25, 0.3) is 0 Å². The maximum atomic E-state index is 13.4. The molecule has 0 aliphatic carbocycles. The minimum Gasteiger partial charge on any atom is -0.321 e.